The molecule has 1 aromatic rings. The fraction of sp³-hybridized carbons (Fsp3) is 0.417. The normalized spacial score (nSPS) is 19.0. The Balaban J connectivity index is 1.92. The Bertz CT molecular complexity index is 599. The molecule has 1 aromatic carbocycles. The summed E-state index contributed by atoms with van der Waals surface area (Å²) in [5.41, 5.74) is 0.778. The van der Waals surface area contributed by atoms with Crippen LogP contribution in [0, 0.1) is 0 Å². The van der Waals surface area contributed by atoms with Crippen molar-refractivity contribution in [1.29, 1.82) is 0 Å². The average molecular weight is 314 g/mol. The van der Waals surface area contributed by atoms with Gasteiger partial charge in [-0.05, 0) is 18.2 Å². The van der Waals surface area contributed by atoms with Gasteiger partial charge >= 0.3 is 0 Å². The smallest absolute Gasteiger partial charge is 0.296 e. The van der Waals surface area contributed by atoms with E-state index in [0.717, 1.165) is 6.54 Å². The second kappa shape index (κ2) is 6.85. The van der Waals surface area contributed by atoms with E-state index in [1.807, 2.05) is 0 Å². The standard InChI is InChI=1S/C12H18N4O4S/c13-21(18,19)16-10-3-1-2-9(6-10)15-12(17)7-11-8-20-5-4-14-11/h1-3,6,11,14,16H,4-5,7-8H2,(H,15,17)(H2,13,18,19). The first-order valence-electron chi connectivity index (χ1n) is 6.44. The first-order chi connectivity index (χ1) is 9.92. The lowest BCUT2D eigenvalue weighted by Crippen LogP contribution is -2.43. The molecule has 5 N–H and O–H groups in total. The number of anilines is 2. The predicted molar refractivity (Wildman–Crippen MR) is 79.0 cm³/mol. The van der Waals surface area contributed by atoms with Crippen LogP contribution in [0.15, 0.2) is 24.3 Å². The molecule has 1 saturated heterocycles. The predicted octanol–water partition coefficient (Wildman–Crippen LogP) is -0.381. The summed E-state index contributed by atoms with van der Waals surface area (Å²) in [5, 5.41) is 10.8. The van der Waals surface area contributed by atoms with Crippen molar-refractivity contribution in [2.24, 2.45) is 5.14 Å². The summed E-state index contributed by atoms with van der Waals surface area (Å²) in [7, 11) is -3.83. The molecule has 0 bridgehead atoms. The number of benzene rings is 1. The van der Waals surface area contributed by atoms with E-state index in [4.69, 9.17) is 9.88 Å². The zero-order valence-electron chi connectivity index (χ0n) is 11.3. The molecule has 116 valence electrons. The number of amides is 1. The van der Waals surface area contributed by atoms with Gasteiger partial charge in [-0.3, -0.25) is 9.52 Å². The minimum Gasteiger partial charge on any atom is -0.378 e. The summed E-state index contributed by atoms with van der Waals surface area (Å²) in [6.45, 7) is 1.88. The molecule has 2 rings (SSSR count). The molecule has 1 amide bonds. The van der Waals surface area contributed by atoms with E-state index >= 15 is 0 Å². The summed E-state index contributed by atoms with van der Waals surface area (Å²) in [5.74, 6) is -0.175. The third-order valence-corrected chi connectivity index (χ3v) is 3.36. The molecule has 0 radical (unpaired) electrons. The first kappa shape index (κ1) is 15.7. The lowest BCUT2D eigenvalue weighted by molar-refractivity contribution is -0.117. The SMILES string of the molecule is NS(=O)(=O)Nc1cccc(NC(=O)CC2COCCN2)c1. The Hall–Kier alpha value is -1.68. The Labute approximate surface area is 123 Å². The quantitative estimate of drug-likeness (QED) is 0.590. The number of morpholine rings is 1. The van der Waals surface area contributed by atoms with Crippen molar-refractivity contribution in [3.8, 4) is 0 Å². The average Bonchev–Trinajstić information content (AvgIpc) is 2.38. The van der Waals surface area contributed by atoms with Gasteiger partial charge < -0.3 is 15.4 Å². The fourth-order valence-corrected chi connectivity index (χ4v) is 2.47. The highest BCUT2D eigenvalue weighted by Crippen LogP contribution is 2.16. The maximum absolute atomic E-state index is 11.9. The van der Waals surface area contributed by atoms with Gasteiger partial charge in [-0.15, -0.1) is 0 Å². The van der Waals surface area contributed by atoms with Gasteiger partial charge in [0.05, 0.1) is 18.9 Å². The van der Waals surface area contributed by atoms with Gasteiger partial charge in [0.25, 0.3) is 10.2 Å². The van der Waals surface area contributed by atoms with Crippen LogP contribution in [0.25, 0.3) is 0 Å². The molecule has 0 aromatic heterocycles. The van der Waals surface area contributed by atoms with Crippen LogP contribution in [-0.2, 0) is 19.7 Å². The first-order valence-corrected chi connectivity index (χ1v) is 7.98. The zero-order chi connectivity index (χ0) is 15.3. The molecule has 0 aliphatic carbocycles. The van der Waals surface area contributed by atoms with Crippen LogP contribution in [0.2, 0.25) is 0 Å². The van der Waals surface area contributed by atoms with Gasteiger partial charge in [-0.2, -0.15) is 8.42 Å². The molecule has 1 unspecified atom stereocenters. The highest BCUT2D eigenvalue weighted by Gasteiger charge is 2.17. The number of hydrogen-bond donors (Lipinski definition) is 4. The summed E-state index contributed by atoms with van der Waals surface area (Å²) < 4.78 is 29.3. The Kier molecular flexibility index (Phi) is 5.12. The second-order valence-corrected chi connectivity index (χ2v) is 6.00. The maximum atomic E-state index is 11.9. The minimum atomic E-state index is -3.83. The summed E-state index contributed by atoms with van der Waals surface area (Å²) in [4.78, 5) is 11.9. The second-order valence-electron chi connectivity index (χ2n) is 4.71. The number of carbonyl (C=O) groups is 1. The number of hydrogen-bond acceptors (Lipinski definition) is 5. The van der Waals surface area contributed by atoms with Gasteiger partial charge in [-0.1, -0.05) is 6.07 Å². The molecule has 1 fully saturated rings. The topological polar surface area (TPSA) is 123 Å². The van der Waals surface area contributed by atoms with Crippen molar-refractivity contribution >= 4 is 27.5 Å². The van der Waals surface area contributed by atoms with E-state index < -0.39 is 10.2 Å². The van der Waals surface area contributed by atoms with E-state index in [-0.39, 0.29) is 24.1 Å². The molecule has 9 heteroatoms. The lowest BCUT2D eigenvalue weighted by atomic mass is 10.2. The highest BCUT2D eigenvalue weighted by molar-refractivity contribution is 7.90. The molecule has 8 nitrogen and oxygen atoms in total. The van der Waals surface area contributed by atoms with Crippen LogP contribution in [0.1, 0.15) is 6.42 Å². The van der Waals surface area contributed by atoms with Crippen LogP contribution in [0.5, 0.6) is 0 Å². The number of nitrogens with two attached hydrogens (primary N) is 1. The van der Waals surface area contributed by atoms with Crippen LogP contribution < -0.4 is 20.5 Å². The summed E-state index contributed by atoms with van der Waals surface area (Å²) in [6.07, 6.45) is 0.285. The van der Waals surface area contributed by atoms with E-state index in [2.05, 4.69) is 15.4 Å². The van der Waals surface area contributed by atoms with Crippen molar-refractivity contribution in [1.82, 2.24) is 5.32 Å². The Morgan fingerprint density at radius 1 is 1.43 bits per heavy atom. The molecular weight excluding hydrogens is 296 g/mol. The number of rotatable bonds is 5. The minimum absolute atomic E-state index is 0.00974. The van der Waals surface area contributed by atoms with E-state index in [9.17, 15) is 13.2 Å². The van der Waals surface area contributed by atoms with Gasteiger partial charge in [0, 0.05) is 24.7 Å². The van der Waals surface area contributed by atoms with E-state index in [0.29, 0.717) is 18.9 Å². The Morgan fingerprint density at radius 2 is 2.19 bits per heavy atom. The van der Waals surface area contributed by atoms with Gasteiger partial charge in [0.15, 0.2) is 0 Å². The summed E-state index contributed by atoms with van der Waals surface area (Å²) >= 11 is 0. The number of ether oxygens (including phenoxy) is 1. The van der Waals surface area contributed by atoms with Gasteiger partial charge in [0.1, 0.15) is 0 Å². The van der Waals surface area contributed by atoms with Crippen molar-refractivity contribution < 1.29 is 17.9 Å². The molecule has 1 heterocycles. The third kappa shape index (κ3) is 5.68. The fourth-order valence-electron chi connectivity index (χ4n) is 2.01. The highest BCUT2D eigenvalue weighted by atomic mass is 32.2. The third-order valence-electron chi connectivity index (χ3n) is 2.84. The molecular formula is C12H18N4O4S. The Morgan fingerprint density at radius 3 is 2.86 bits per heavy atom. The summed E-state index contributed by atoms with van der Waals surface area (Å²) in [6, 6.07) is 6.30. The van der Waals surface area contributed by atoms with E-state index in [1.165, 1.54) is 12.1 Å². The van der Waals surface area contributed by atoms with Crippen LogP contribution in [0.3, 0.4) is 0 Å². The van der Waals surface area contributed by atoms with Crippen molar-refractivity contribution in [2.45, 2.75) is 12.5 Å². The molecule has 21 heavy (non-hydrogen) atoms. The van der Waals surface area contributed by atoms with Crippen molar-refractivity contribution in [3.05, 3.63) is 24.3 Å². The maximum Gasteiger partial charge on any atom is 0.296 e. The van der Waals surface area contributed by atoms with Gasteiger partial charge in [-0.25, -0.2) is 5.14 Å². The largest absolute Gasteiger partial charge is 0.378 e. The van der Waals surface area contributed by atoms with E-state index in [1.54, 1.807) is 12.1 Å². The van der Waals surface area contributed by atoms with Gasteiger partial charge in [0.2, 0.25) is 5.91 Å². The zero-order valence-corrected chi connectivity index (χ0v) is 12.2. The van der Waals surface area contributed by atoms with Crippen LogP contribution >= 0.6 is 0 Å². The lowest BCUT2D eigenvalue weighted by Gasteiger charge is -2.23. The van der Waals surface area contributed by atoms with Crippen LogP contribution in [-0.4, -0.2) is 40.1 Å². The number of nitrogens with one attached hydrogen (secondary N) is 3. The molecule has 1 aliphatic rings. The molecule has 0 saturated carbocycles. The molecule has 0 spiro atoms. The van der Waals surface area contributed by atoms with Crippen molar-refractivity contribution in [2.75, 3.05) is 29.8 Å². The van der Waals surface area contributed by atoms with Crippen molar-refractivity contribution in [3.63, 3.8) is 0 Å². The molecule has 1 atom stereocenters. The monoisotopic (exact) mass is 314 g/mol. The molecule has 1 aliphatic heterocycles. The van der Waals surface area contributed by atoms with Crippen LogP contribution in [0.4, 0.5) is 11.4 Å². The number of carbonyl (C=O) groups excluding carboxylic acids is 1.